The molecule has 11 nitrogen and oxygen atoms in total. The van der Waals surface area contributed by atoms with Crippen molar-refractivity contribution in [1.29, 1.82) is 0 Å². The lowest BCUT2D eigenvalue weighted by molar-refractivity contribution is -0.119. The fourth-order valence-corrected chi connectivity index (χ4v) is 2.15. The normalized spacial score (nSPS) is 13.0. The van der Waals surface area contributed by atoms with Crippen LogP contribution in [0, 0.1) is 0 Å². The maximum atomic E-state index is 11.9. The van der Waals surface area contributed by atoms with Gasteiger partial charge in [-0.25, -0.2) is 4.79 Å². The van der Waals surface area contributed by atoms with Crippen LogP contribution in [0.4, 0.5) is 4.79 Å². The summed E-state index contributed by atoms with van der Waals surface area (Å²) >= 11 is 0. The zero-order valence-electron chi connectivity index (χ0n) is 14.9. The van der Waals surface area contributed by atoms with Crippen molar-refractivity contribution < 1.29 is 18.9 Å². The monoisotopic (exact) mass is 369 g/mol. The van der Waals surface area contributed by atoms with E-state index >= 15 is 0 Å². The van der Waals surface area contributed by atoms with Gasteiger partial charge in [-0.15, -0.1) is 0 Å². The van der Waals surface area contributed by atoms with Gasteiger partial charge in [0.2, 0.25) is 11.8 Å². The second kappa shape index (κ2) is 11.2. The van der Waals surface area contributed by atoms with Gasteiger partial charge >= 0.3 is 6.03 Å². The summed E-state index contributed by atoms with van der Waals surface area (Å²) in [6.07, 6.45) is 2.47. The number of urea groups is 1. The van der Waals surface area contributed by atoms with Crippen molar-refractivity contribution in [3.63, 3.8) is 0 Å². The molecule has 1 aromatic heterocycles. The molecular weight excluding hydrogens is 342 g/mol. The zero-order valence-corrected chi connectivity index (χ0v) is 14.9. The Morgan fingerprint density at radius 1 is 1.23 bits per heavy atom. The van der Waals surface area contributed by atoms with Gasteiger partial charge in [0.25, 0.3) is 0 Å². The molecule has 0 radical (unpaired) electrons. The Balaban J connectivity index is 2.44. The molecule has 0 unspecified atom stereocenters. The summed E-state index contributed by atoms with van der Waals surface area (Å²) < 4.78 is 4.99. The van der Waals surface area contributed by atoms with Crippen molar-refractivity contribution >= 4 is 17.7 Å². The van der Waals surface area contributed by atoms with Gasteiger partial charge in [-0.3, -0.25) is 9.59 Å². The highest BCUT2D eigenvalue weighted by Gasteiger charge is 2.18. The molecule has 0 saturated heterocycles. The van der Waals surface area contributed by atoms with Gasteiger partial charge < -0.3 is 32.4 Å². The Labute approximate surface area is 151 Å². The average molecular weight is 369 g/mol. The van der Waals surface area contributed by atoms with Gasteiger partial charge in [0, 0.05) is 6.42 Å². The minimum absolute atomic E-state index is 0.0191. The smallest absolute Gasteiger partial charge is 0.315 e. The maximum Gasteiger partial charge on any atom is 0.315 e. The Bertz CT molecular complexity index is 605. The number of rotatable bonds is 12. The van der Waals surface area contributed by atoms with E-state index in [-0.39, 0.29) is 30.5 Å². The van der Waals surface area contributed by atoms with Crippen LogP contribution in [0.25, 0.3) is 0 Å². The quantitative estimate of drug-likeness (QED) is 0.296. The van der Waals surface area contributed by atoms with E-state index in [0.29, 0.717) is 19.4 Å². The molecule has 0 fully saturated rings. The van der Waals surface area contributed by atoms with Crippen molar-refractivity contribution in [3.8, 4) is 0 Å². The second-order valence-corrected chi connectivity index (χ2v) is 5.93. The lowest BCUT2D eigenvalue weighted by atomic mass is 10.1. The first kappa shape index (κ1) is 21.5. The third-order valence-electron chi connectivity index (χ3n) is 3.66. The van der Waals surface area contributed by atoms with Crippen LogP contribution in [0.2, 0.25) is 0 Å². The molecule has 3 amide bonds. The van der Waals surface area contributed by atoms with Crippen molar-refractivity contribution in [2.75, 3.05) is 6.54 Å². The van der Waals surface area contributed by atoms with Crippen LogP contribution in [0.5, 0.6) is 0 Å². The number of carbonyl (C=O) groups is 3. The van der Waals surface area contributed by atoms with Crippen molar-refractivity contribution in [2.24, 2.45) is 17.2 Å². The summed E-state index contributed by atoms with van der Waals surface area (Å²) in [7, 11) is 0. The van der Waals surface area contributed by atoms with Crippen molar-refractivity contribution in [2.45, 2.75) is 57.7 Å². The molecular formula is C15H27N7O4. The first-order chi connectivity index (χ1) is 12.3. The molecule has 26 heavy (non-hydrogen) atoms. The predicted molar refractivity (Wildman–Crippen MR) is 92.4 cm³/mol. The SMILES string of the molecule is CC(=O)[C@H](CCCCN)NC(=O)NCc1nc([C@@H](N)CCC(N)=O)no1. The molecule has 146 valence electrons. The largest absolute Gasteiger partial charge is 0.370 e. The Morgan fingerprint density at radius 2 is 1.96 bits per heavy atom. The Kier molecular flexibility index (Phi) is 9.23. The number of hydrogen-bond donors (Lipinski definition) is 5. The minimum atomic E-state index is -0.585. The number of carbonyl (C=O) groups excluding carboxylic acids is 3. The number of ketones is 1. The number of primary amides is 1. The number of amides is 3. The highest BCUT2D eigenvalue weighted by atomic mass is 16.5. The molecule has 0 aliphatic rings. The molecule has 2 atom stereocenters. The van der Waals surface area contributed by atoms with Gasteiger partial charge in [0.15, 0.2) is 11.6 Å². The van der Waals surface area contributed by atoms with Crippen LogP contribution in [-0.2, 0) is 16.1 Å². The van der Waals surface area contributed by atoms with E-state index in [0.717, 1.165) is 12.8 Å². The summed E-state index contributed by atoms with van der Waals surface area (Å²) in [5.74, 6) is -0.203. The van der Waals surface area contributed by atoms with Crippen LogP contribution in [0.15, 0.2) is 4.52 Å². The van der Waals surface area contributed by atoms with Gasteiger partial charge in [-0.1, -0.05) is 5.16 Å². The topological polar surface area (TPSA) is 192 Å². The molecule has 1 aromatic rings. The van der Waals surface area contributed by atoms with Crippen LogP contribution in [0.1, 0.15) is 56.8 Å². The summed E-state index contributed by atoms with van der Waals surface area (Å²) in [6.45, 7) is 1.94. The van der Waals surface area contributed by atoms with E-state index < -0.39 is 24.0 Å². The van der Waals surface area contributed by atoms with Crippen LogP contribution in [-0.4, -0.2) is 40.4 Å². The first-order valence-electron chi connectivity index (χ1n) is 8.44. The fourth-order valence-electron chi connectivity index (χ4n) is 2.15. The Morgan fingerprint density at radius 3 is 2.58 bits per heavy atom. The van der Waals surface area contributed by atoms with Crippen LogP contribution in [0.3, 0.4) is 0 Å². The van der Waals surface area contributed by atoms with E-state index in [1.165, 1.54) is 6.92 Å². The molecule has 1 heterocycles. The van der Waals surface area contributed by atoms with Gasteiger partial charge in [-0.05, 0) is 39.2 Å². The molecule has 1 rings (SSSR count). The van der Waals surface area contributed by atoms with Gasteiger partial charge in [0.05, 0.1) is 18.6 Å². The number of aromatic nitrogens is 2. The highest BCUT2D eigenvalue weighted by Crippen LogP contribution is 2.12. The lowest BCUT2D eigenvalue weighted by Gasteiger charge is -2.15. The molecule has 0 saturated carbocycles. The van der Waals surface area contributed by atoms with Crippen molar-refractivity contribution in [1.82, 2.24) is 20.8 Å². The molecule has 8 N–H and O–H groups in total. The number of Topliss-reactive ketones (excluding diaryl/α,β-unsaturated/α-hetero) is 1. The maximum absolute atomic E-state index is 11.9. The highest BCUT2D eigenvalue weighted by molar-refractivity contribution is 5.86. The Hall–Kier alpha value is -2.53. The van der Waals surface area contributed by atoms with Crippen LogP contribution >= 0.6 is 0 Å². The molecule has 0 aromatic carbocycles. The second-order valence-electron chi connectivity index (χ2n) is 5.93. The summed E-state index contributed by atoms with van der Waals surface area (Å²) in [4.78, 5) is 38.3. The minimum Gasteiger partial charge on any atom is -0.370 e. The first-order valence-corrected chi connectivity index (χ1v) is 8.44. The van der Waals surface area contributed by atoms with E-state index in [4.69, 9.17) is 21.7 Å². The molecule has 0 bridgehead atoms. The third kappa shape index (κ3) is 8.03. The molecule has 0 aliphatic carbocycles. The number of hydrogen-bond acceptors (Lipinski definition) is 8. The van der Waals surface area contributed by atoms with Crippen LogP contribution < -0.4 is 27.8 Å². The van der Waals surface area contributed by atoms with Gasteiger partial charge in [0.1, 0.15) is 0 Å². The molecule has 0 spiro atoms. The van der Waals surface area contributed by atoms with E-state index in [2.05, 4.69) is 20.8 Å². The summed E-state index contributed by atoms with van der Waals surface area (Å²) in [6, 6.07) is -1.67. The number of nitrogens with one attached hydrogen (secondary N) is 2. The predicted octanol–water partition coefficient (Wildman–Crippen LogP) is -0.779. The number of nitrogens with zero attached hydrogens (tertiary/aromatic N) is 2. The summed E-state index contributed by atoms with van der Waals surface area (Å²) in [5, 5.41) is 8.85. The standard InChI is InChI=1S/C15H27N7O4/c1-9(23)11(4-2-3-7-16)20-15(25)19-8-13-21-14(22-26-13)10(17)5-6-12(18)24/h10-11H,2-8,16-17H2,1H3,(H2,18,24)(H2,19,20,25)/t10-,11-/m0/s1. The van der Waals surface area contributed by atoms with E-state index in [9.17, 15) is 14.4 Å². The summed E-state index contributed by atoms with van der Waals surface area (Å²) in [5.41, 5.74) is 16.3. The van der Waals surface area contributed by atoms with E-state index in [1.54, 1.807) is 0 Å². The number of unbranched alkanes of at least 4 members (excludes halogenated alkanes) is 1. The molecule has 0 aliphatic heterocycles. The van der Waals surface area contributed by atoms with Gasteiger partial charge in [-0.2, -0.15) is 4.98 Å². The molecule has 11 heteroatoms. The van der Waals surface area contributed by atoms with E-state index in [1.807, 2.05) is 0 Å². The third-order valence-corrected chi connectivity index (χ3v) is 3.66. The fraction of sp³-hybridized carbons (Fsp3) is 0.667. The number of nitrogens with two attached hydrogens (primary N) is 3. The zero-order chi connectivity index (χ0) is 19.5. The lowest BCUT2D eigenvalue weighted by Crippen LogP contribution is -2.45. The van der Waals surface area contributed by atoms with Crippen molar-refractivity contribution in [3.05, 3.63) is 11.7 Å². The average Bonchev–Trinajstić information content (AvgIpc) is 3.06.